The minimum atomic E-state index is -1.03. The summed E-state index contributed by atoms with van der Waals surface area (Å²) in [5, 5.41) is -1.03. The highest BCUT2D eigenvalue weighted by atomic mass is 35.5. The van der Waals surface area contributed by atoms with Crippen molar-refractivity contribution >= 4 is 29.1 Å². The van der Waals surface area contributed by atoms with Gasteiger partial charge in [0, 0.05) is 0 Å². The summed E-state index contributed by atoms with van der Waals surface area (Å²) in [6.45, 7) is 0. The van der Waals surface area contributed by atoms with Crippen LogP contribution in [0.2, 0.25) is 0 Å². The Labute approximate surface area is 90.9 Å². The predicted molar refractivity (Wildman–Crippen MR) is 54.2 cm³/mol. The summed E-state index contributed by atoms with van der Waals surface area (Å²) in [7, 11) is 0. The molecular formula is C8H8Cl2N2O2. The molecule has 0 aliphatic rings. The van der Waals surface area contributed by atoms with E-state index in [9.17, 15) is 4.79 Å². The first-order chi connectivity index (χ1) is 6.65. The van der Waals surface area contributed by atoms with Gasteiger partial charge in [0.25, 0.3) is 5.91 Å². The van der Waals surface area contributed by atoms with Crippen LogP contribution in [0.25, 0.3) is 0 Å². The lowest BCUT2D eigenvalue weighted by atomic mass is 10.2. The lowest BCUT2D eigenvalue weighted by molar-refractivity contribution is 0.0950. The number of hydrazine groups is 1. The molecule has 0 aliphatic heterocycles. The number of amides is 1. The summed E-state index contributed by atoms with van der Waals surface area (Å²) in [6, 6.07) is 6.49. The highest BCUT2D eigenvalue weighted by molar-refractivity contribution is 6.43. The zero-order valence-corrected chi connectivity index (χ0v) is 8.55. The zero-order chi connectivity index (χ0) is 10.6. The molecule has 1 amide bonds. The van der Waals surface area contributed by atoms with Crippen molar-refractivity contribution in [3.8, 4) is 5.75 Å². The second kappa shape index (κ2) is 5.05. The Hall–Kier alpha value is -0.970. The fourth-order valence-electron chi connectivity index (χ4n) is 0.931. The van der Waals surface area contributed by atoms with Crippen molar-refractivity contribution in [3.05, 3.63) is 29.8 Å². The van der Waals surface area contributed by atoms with Gasteiger partial charge in [-0.05, 0) is 12.1 Å². The van der Waals surface area contributed by atoms with Crippen molar-refractivity contribution in [3.63, 3.8) is 0 Å². The average Bonchev–Trinajstić information content (AvgIpc) is 2.16. The van der Waals surface area contributed by atoms with Gasteiger partial charge in [0.2, 0.25) is 5.02 Å². The topological polar surface area (TPSA) is 64.3 Å². The molecule has 0 atom stereocenters. The van der Waals surface area contributed by atoms with Crippen molar-refractivity contribution in [1.82, 2.24) is 5.43 Å². The van der Waals surface area contributed by atoms with Gasteiger partial charge in [-0.2, -0.15) is 0 Å². The third-order valence-corrected chi connectivity index (χ3v) is 1.66. The van der Waals surface area contributed by atoms with Crippen LogP contribution in [-0.2, 0) is 0 Å². The molecule has 0 bridgehead atoms. The first-order valence-corrected chi connectivity index (χ1v) is 4.57. The first kappa shape index (κ1) is 11.1. The highest BCUT2D eigenvalue weighted by Crippen LogP contribution is 2.21. The molecule has 4 nitrogen and oxygen atoms in total. The van der Waals surface area contributed by atoms with E-state index in [1.807, 2.05) is 5.43 Å². The van der Waals surface area contributed by atoms with Crippen LogP contribution >= 0.6 is 23.2 Å². The second-order valence-corrected chi connectivity index (χ2v) is 3.36. The normalized spacial score (nSPS) is 10.0. The average molecular weight is 235 g/mol. The monoisotopic (exact) mass is 234 g/mol. The van der Waals surface area contributed by atoms with E-state index in [4.69, 9.17) is 33.8 Å². The van der Waals surface area contributed by atoms with Gasteiger partial charge < -0.3 is 4.74 Å². The van der Waals surface area contributed by atoms with Gasteiger partial charge >= 0.3 is 0 Å². The maximum Gasteiger partial charge on any atom is 0.268 e. The van der Waals surface area contributed by atoms with E-state index in [1.54, 1.807) is 24.3 Å². The molecular weight excluding hydrogens is 227 g/mol. The van der Waals surface area contributed by atoms with E-state index < -0.39 is 10.9 Å². The number of hydrogen-bond donors (Lipinski definition) is 2. The van der Waals surface area contributed by atoms with Crippen molar-refractivity contribution < 1.29 is 9.53 Å². The largest absolute Gasteiger partial charge is 0.460 e. The molecule has 0 unspecified atom stereocenters. The van der Waals surface area contributed by atoms with Crippen LogP contribution < -0.4 is 16.0 Å². The number of nitrogens with two attached hydrogens (primary N) is 1. The molecule has 1 rings (SSSR count). The molecule has 1 aromatic carbocycles. The van der Waals surface area contributed by atoms with E-state index >= 15 is 0 Å². The van der Waals surface area contributed by atoms with Gasteiger partial charge in [-0.15, -0.1) is 0 Å². The van der Waals surface area contributed by atoms with Gasteiger partial charge in [0.15, 0.2) is 0 Å². The Kier molecular flexibility index (Phi) is 4.00. The number of halogens is 2. The van der Waals surface area contributed by atoms with E-state index in [0.717, 1.165) is 0 Å². The number of ether oxygens (including phenoxy) is 1. The minimum absolute atomic E-state index is 0.279. The maximum absolute atomic E-state index is 11.2. The van der Waals surface area contributed by atoms with Gasteiger partial charge in [-0.1, -0.05) is 35.3 Å². The summed E-state index contributed by atoms with van der Waals surface area (Å²) < 4.78 is 4.98. The van der Waals surface area contributed by atoms with Crippen molar-refractivity contribution in [2.45, 2.75) is 5.02 Å². The fourth-order valence-corrected chi connectivity index (χ4v) is 1.12. The summed E-state index contributed by atoms with van der Waals surface area (Å²) >= 11 is 10.8. The molecule has 14 heavy (non-hydrogen) atoms. The molecule has 6 heteroatoms. The third-order valence-electron chi connectivity index (χ3n) is 1.48. The van der Waals surface area contributed by atoms with Gasteiger partial charge in [0.1, 0.15) is 5.75 Å². The summed E-state index contributed by atoms with van der Waals surface area (Å²) in [4.78, 5) is 11.2. The first-order valence-electron chi connectivity index (χ1n) is 3.70. The van der Waals surface area contributed by atoms with E-state index in [-0.39, 0.29) is 11.3 Å². The maximum atomic E-state index is 11.2. The molecule has 0 aromatic heterocycles. The van der Waals surface area contributed by atoms with Gasteiger partial charge in [-0.3, -0.25) is 10.2 Å². The van der Waals surface area contributed by atoms with E-state index in [1.165, 1.54) is 0 Å². The van der Waals surface area contributed by atoms with Crippen molar-refractivity contribution in [2.75, 3.05) is 0 Å². The number of alkyl halides is 2. The SMILES string of the molecule is NNC(=O)c1ccccc1OC(Cl)Cl. The Morgan fingerprint density at radius 1 is 1.43 bits per heavy atom. The highest BCUT2D eigenvalue weighted by Gasteiger charge is 2.12. The zero-order valence-electron chi connectivity index (χ0n) is 7.04. The molecule has 0 heterocycles. The van der Waals surface area contributed by atoms with Crippen molar-refractivity contribution in [1.29, 1.82) is 0 Å². The van der Waals surface area contributed by atoms with Crippen LogP contribution in [0, 0.1) is 0 Å². The number of hydrogen-bond acceptors (Lipinski definition) is 3. The Bertz CT molecular complexity index is 331. The second-order valence-electron chi connectivity index (χ2n) is 2.35. The van der Waals surface area contributed by atoms with Crippen LogP contribution in [-0.4, -0.2) is 10.9 Å². The smallest absolute Gasteiger partial charge is 0.268 e. The minimum Gasteiger partial charge on any atom is -0.460 e. The number of nitrogens with one attached hydrogen (secondary N) is 1. The number of carbonyl (C=O) groups excluding carboxylic acids is 1. The van der Waals surface area contributed by atoms with Gasteiger partial charge in [0.05, 0.1) is 5.56 Å². The lowest BCUT2D eigenvalue weighted by Gasteiger charge is -2.10. The predicted octanol–water partition coefficient (Wildman–Crippen LogP) is 1.43. The Morgan fingerprint density at radius 3 is 2.64 bits per heavy atom. The van der Waals surface area contributed by atoms with Crippen LogP contribution in [0.15, 0.2) is 24.3 Å². The summed E-state index contributed by atoms with van der Waals surface area (Å²) in [5.41, 5.74) is 2.27. The molecule has 1 aromatic rings. The van der Waals surface area contributed by atoms with Crippen molar-refractivity contribution in [2.24, 2.45) is 5.84 Å². The van der Waals surface area contributed by atoms with E-state index in [0.29, 0.717) is 0 Å². The van der Waals surface area contributed by atoms with E-state index in [2.05, 4.69) is 0 Å². The number of nitrogen functional groups attached to an aromatic ring is 1. The van der Waals surface area contributed by atoms with Gasteiger partial charge in [-0.25, -0.2) is 5.84 Å². The molecule has 0 spiro atoms. The fraction of sp³-hybridized carbons (Fsp3) is 0.125. The number of carbonyl (C=O) groups is 1. The molecule has 3 N–H and O–H groups in total. The lowest BCUT2D eigenvalue weighted by Crippen LogP contribution is -2.30. The van der Waals surface area contributed by atoms with Crippen LogP contribution in [0.5, 0.6) is 5.75 Å². The quantitative estimate of drug-likeness (QED) is 0.360. The summed E-state index contributed by atoms with van der Waals surface area (Å²) in [5.74, 6) is 4.80. The third kappa shape index (κ3) is 2.77. The standard InChI is InChI=1S/C8H8Cl2N2O2/c9-8(10)14-6-4-2-1-3-5(6)7(13)12-11/h1-4,8H,11H2,(H,12,13). The number of rotatable bonds is 3. The molecule has 0 radical (unpaired) electrons. The molecule has 0 saturated carbocycles. The number of benzene rings is 1. The van der Waals surface area contributed by atoms with Crippen LogP contribution in [0.4, 0.5) is 0 Å². The van der Waals surface area contributed by atoms with Crippen LogP contribution in [0.1, 0.15) is 10.4 Å². The Morgan fingerprint density at radius 2 is 2.07 bits per heavy atom. The number of para-hydroxylation sites is 1. The molecule has 76 valence electrons. The summed E-state index contributed by atoms with van der Waals surface area (Å²) in [6.07, 6.45) is 0. The molecule has 0 aliphatic carbocycles. The molecule has 0 saturated heterocycles. The Balaban J connectivity index is 2.97. The van der Waals surface area contributed by atoms with Crippen LogP contribution in [0.3, 0.4) is 0 Å². The molecule has 0 fully saturated rings.